The van der Waals surface area contributed by atoms with E-state index in [4.69, 9.17) is 4.52 Å². The SMILES string of the molecule is CCc1cc(C(=O)Nc2ccc(C3CCN(CC)CC3)cc2C2CCCC2)no1. The summed E-state index contributed by atoms with van der Waals surface area (Å²) in [5, 5.41) is 7.04. The second kappa shape index (κ2) is 9.12. The maximum Gasteiger partial charge on any atom is 0.277 e. The third-order valence-corrected chi connectivity index (χ3v) is 6.77. The summed E-state index contributed by atoms with van der Waals surface area (Å²) < 4.78 is 5.20. The number of benzene rings is 1. The molecule has 2 aromatic rings. The molecule has 2 heterocycles. The number of carbonyl (C=O) groups is 1. The highest BCUT2D eigenvalue weighted by Crippen LogP contribution is 2.40. The van der Waals surface area contributed by atoms with E-state index in [0.29, 0.717) is 17.5 Å². The molecule has 5 nitrogen and oxygen atoms in total. The van der Waals surface area contributed by atoms with Crippen LogP contribution in [-0.2, 0) is 6.42 Å². The van der Waals surface area contributed by atoms with Gasteiger partial charge in [0.2, 0.25) is 0 Å². The second-order valence-corrected chi connectivity index (χ2v) is 8.52. The van der Waals surface area contributed by atoms with Crippen molar-refractivity contribution in [3.63, 3.8) is 0 Å². The van der Waals surface area contributed by atoms with Crippen LogP contribution in [0.15, 0.2) is 28.8 Å². The Morgan fingerprint density at radius 2 is 1.86 bits per heavy atom. The predicted octanol–water partition coefficient (Wildman–Crippen LogP) is 5.35. The van der Waals surface area contributed by atoms with E-state index >= 15 is 0 Å². The molecule has 1 N–H and O–H groups in total. The molecule has 0 spiro atoms. The van der Waals surface area contributed by atoms with Crippen molar-refractivity contribution < 1.29 is 9.32 Å². The molecule has 4 rings (SSSR count). The highest BCUT2D eigenvalue weighted by molar-refractivity contribution is 6.03. The lowest BCUT2D eigenvalue weighted by Crippen LogP contribution is -2.32. The van der Waals surface area contributed by atoms with Gasteiger partial charge in [0.15, 0.2) is 5.69 Å². The molecule has 2 fully saturated rings. The maximum absolute atomic E-state index is 12.7. The summed E-state index contributed by atoms with van der Waals surface area (Å²) in [7, 11) is 0. The van der Waals surface area contributed by atoms with Crippen molar-refractivity contribution in [3.8, 4) is 0 Å². The Balaban J connectivity index is 1.55. The van der Waals surface area contributed by atoms with E-state index in [9.17, 15) is 4.79 Å². The minimum atomic E-state index is -0.184. The van der Waals surface area contributed by atoms with E-state index < -0.39 is 0 Å². The molecular formula is C24H33N3O2. The van der Waals surface area contributed by atoms with Gasteiger partial charge in [0.25, 0.3) is 5.91 Å². The fraction of sp³-hybridized carbons (Fsp3) is 0.583. The molecule has 2 aliphatic rings. The molecule has 0 atom stereocenters. The minimum absolute atomic E-state index is 0.184. The topological polar surface area (TPSA) is 58.4 Å². The van der Waals surface area contributed by atoms with Crippen LogP contribution in [0.25, 0.3) is 0 Å². The molecule has 1 aromatic carbocycles. The fourth-order valence-electron chi connectivity index (χ4n) is 4.88. The van der Waals surface area contributed by atoms with Crippen LogP contribution < -0.4 is 5.32 Å². The molecular weight excluding hydrogens is 362 g/mol. The third-order valence-electron chi connectivity index (χ3n) is 6.77. The van der Waals surface area contributed by atoms with E-state index in [1.807, 2.05) is 6.92 Å². The van der Waals surface area contributed by atoms with Crippen LogP contribution in [0, 0.1) is 0 Å². The Kier molecular flexibility index (Phi) is 6.34. The molecule has 0 radical (unpaired) electrons. The summed E-state index contributed by atoms with van der Waals surface area (Å²) in [6.45, 7) is 7.75. The van der Waals surface area contributed by atoms with E-state index in [0.717, 1.165) is 24.4 Å². The van der Waals surface area contributed by atoms with E-state index in [-0.39, 0.29) is 5.91 Å². The second-order valence-electron chi connectivity index (χ2n) is 8.52. The zero-order chi connectivity index (χ0) is 20.2. The lowest BCUT2D eigenvalue weighted by molar-refractivity contribution is 0.101. The number of anilines is 1. The average Bonchev–Trinajstić information content (AvgIpc) is 3.46. The van der Waals surface area contributed by atoms with E-state index in [2.05, 4.69) is 40.5 Å². The molecule has 1 amide bonds. The number of hydrogen-bond donors (Lipinski definition) is 1. The van der Waals surface area contributed by atoms with Crippen LogP contribution >= 0.6 is 0 Å². The van der Waals surface area contributed by atoms with Gasteiger partial charge in [-0.25, -0.2) is 0 Å². The summed E-state index contributed by atoms with van der Waals surface area (Å²) in [4.78, 5) is 15.3. The van der Waals surface area contributed by atoms with Gasteiger partial charge in [-0.1, -0.05) is 44.0 Å². The third kappa shape index (κ3) is 4.55. The first-order valence-electron chi connectivity index (χ1n) is 11.3. The van der Waals surface area contributed by atoms with Gasteiger partial charge < -0.3 is 14.7 Å². The van der Waals surface area contributed by atoms with Crippen molar-refractivity contribution >= 4 is 11.6 Å². The highest BCUT2D eigenvalue weighted by Gasteiger charge is 2.25. The molecule has 0 unspecified atom stereocenters. The summed E-state index contributed by atoms with van der Waals surface area (Å²) in [5.74, 6) is 1.73. The van der Waals surface area contributed by atoms with Crippen LogP contribution in [0.3, 0.4) is 0 Å². The normalized spacial score (nSPS) is 19.0. The van der Waals surface area contributed by atoms with Crippen LogP contribution in [0.5, 0.6) is 0 Å². The van der Waals surface area contributed by atoms with Gasteiger partial charge in [-0.2, -0.15) is 0 Å². The quantitative estimate of drug-likeness (QED) is 0.717. The van der Waals surface area contributed by atoms with Gasteiger partial charge in [-0.05, 0) is 74.3 Å². The first kappa shape index (κ1) is 20.1. The molecule has 5 heteroatoms. The molecule has 1 aliphatic carbocycles. The Morgan fingerprint density at radius 1 is 1.10 bits per heavy atom. The number of rotatable bonds is 6. The zero-order valence-electron chi connectivity index (χ0n) is 17.7. The number of aromatic nitrogens is 1. The lowest BCUT2D eigenvalue weighted by Gasteiger charge is -2.32. The standard InChI is InChI=1S/C24H33N3O2/c1-3-20-16-23(26-29-20)24(28)25-22-10-9-19(15-21(22)18-7-5-6-8-18)17-11-13-27(4-2)14-12-17/h9-10,15-18H,3-8,11-14H2,1-2H3,(H,25,28). The summed E-state index contributed by atoms with van der Waals surface area (Å²) >= 11 is 0. The first-order valence-corrected chi connectivity index (χ1v) is 11.3. The van der Waals surface area contributed by atoms with Gasteiger partial charge in [0, 0.05) is 18.2 Å². The number of amides is 1. The number of aryl methyl sites for hydroxylation is 1. The molecule has 1 saturated heterocycles. The minimum Gasteiger partial charge on any atom is -0.361 e. The van der Waals surface area contributed by atoms with Crippen molar-refractivity contribution in [2.75, 3.05) is 25.0 Å². The number of carbonyl (C=O) groups excluding carboxylic acids is 1. The van der Waals surface area contributed by atoms with Gasteiger partial charge in [-0.3, -0.25) is 4.79 Å². The van der Waals surface area contributed by atoms with Crippen molar-refractivity contribution in [2.24, 2.45) is 0 Å². The number of nitrogens with one attached hydrogen (secondary N) is 1. The van der Waals surface area contributed by atoms with Gasteiger partial charge >= 0.3 is 0 Å². The van der Waals surface area contributed by atoms with Crippen LogP contribution in [0.4, 0.5) is 5.69 Å². The van der Waals surface area contributed by atoms with Crippen LogP contribution in [0.2, 0.25) is 0 Å². The van der Waals surface area contributed by atoms with Crippen molar-refractivity contribution in [1.29, 1.82) is 0 Å². The number of hydrogen-bond acceptors (Lipinski definition) is 4. The number of nitrogens with zero attached hydrogens (tertiary/aromatic N) is 2. The zero-order valence-corrected chi connectivity index (χ0v) is 17.7. The highest BCUT2D eigenvalue weighted by atomic mass is 16.5. The Hall–Kier alpha value is -2.14. The molecule has 0 bridgehead atoms. The van der Waals surface area contributed by atoms with Crippen molar-refractivity contribution in [1.82, 2.24) is 10.1 Å². The molecule has 1 aliphatic heterocycles. The van der Waals surface area contributed by atoms with Crippen LogP contribution in [0.1, 0.15) is 91.6 Å². The van der Waals surface area contributed by atoms with Crippen molar-refractivity contribution in [3.05, 3.63) is 46.8 Å². The number of piperidine rings is 1. The molecule has 1 aromatic heterocycles. The monoisotopic (exact) mass is 395 g/mol. The summed E-state index contributed by atoms with van der Waals surface area (Å²) in [5.41, 5.74) is 4.05. The Labute approximate surface area is 173 Å². The molecule has 29 heavy (non-hydrogen) atoms. The summed E-state index contributed by atoms with van der Waals surface area (Å²) in [6.07, 6.45) is 8.17. The molecule has 1 saturated carbocycles. The maximum atomic E-state index is 12.7. The van der Waals surface area contributed by atoms with E-state index in [1.165, 1.54) is 62.7 Å². The lowest BCUT2D eigenvalue weighted by atomic mass is 9.85. The largest absolute Gasteiger partial charge is 0.361 e. The average molecular weight is 396 g/mol. The van der Waals surface area contributed by atoms with Crippen molar-refractivity contribution in [2.45, 2.75) is 70.6 Å². The van der Waals surface area contributed by atoms with E-state index in [1.54, 1.807) is 6.07 Å². The predicted molar refractivity (Wildman–Crippen MR) is 116 cm³/mol. The van der Waals surface area contributed by atoms with Gasteiger partial charge in [-0.15, -0.1) is 0 Å². The fourth-order valence-corrected chi connectivity index (χ4v) is 4.88. The van der Waals surface area contributed by atoms with Gasteiger partial charge in [0.1, 0.15) is 5.76 Å². The Morgan fingerprint density at radius 3 is 2.52 bits per heavy atom. The van der Waals surface area contributed by atoms with Gasteiger partial charge in [0.05, 0.1) is 0 Å². The smallest absolute Gasteiger partial charge is 0.277 e. The number of likely N-dealkylation sites (tertiary alicyclic amines) is 1. The first-order chi connectivity index (χ1) is 14.2. The van der Waals surface area contributed by atoms with Crippen LogP contribution in [-0.4, -0.2) is 35.6 Å². The summed E-state index contributed by atoms with van der Waals surface area (Å²) in [6, 6.07) is 8.47. The Bertz CT molecular complexity index is 830. The molecule has 156 valence electrons.